The van der Waals surface area contributed by atoms with Gasteiger partial charge in [-0.3, -0.25) is 0 Å². The fourth-order valence-corrected chi connectivity index (χ4v) is 2.14. The van der Waals surface area contributed by atoms with Crippen LogP contribution in [-0.4, -0.2) is 42.3 Å². The van der Waals surface area contributed by atoms with Crippen LogP contribution < -0.4 is 5.32 Å². The van der Waals surface area contributed by atoms with Gasteiger partial charge in [0.2, 0.25) is 0 Å². The molecule has 2 aromatic rings. The number of halogens is 2. The first-order valence-electron chi connectivity index (χ1n) is 7.72. The summed E-state index contributed by atoms with van der Waals surface area (Å²) in [6, 6.07) is 11.7. The van der Waals surface area contributed by atoms with Gasteiger partial charge in [0.25, 0.3) is 0 Å². The number of aliphatic hydroxyl groups excluding tert-OH is 1. The van der Waals surface area contributed by atoms with E-state index in [0.717, 1.165) is 17.7 Å². The lowest BCUT2D eigenvalue weighted by molar-refractivity contribution is 0.0188. The third-order valence-electron chi connectivity index (χ3n) is 3.43. The second-order valence-corrected chi connectivity index (χ2v) is 5.59. The van der Waals surface area contributed by atoms with Crippen molar-refractivity contribution in [1.82, 2.24) is 4.90 Å². The molecule has 25 heavy (non-hydrogen) atoms. The van der Waals surface area contributed by atoms with Crippen molar-refractivity contribution >= 4 is 11.7 Å². The average Bonchev–Trinajstić information content (AvgIpc) is 2.58. The maximum absolute atomic E-state index is 13.5. The van der Waals surface area contributed by atoms with Gasteiger partial charge >= 0.3 is 6.03 Å². The van der Waals surface area contributed by atoms with E-state index >= 15 is 0 Å². The highest BCUT2D eigenvalue weighted by atomic mass is 19.1. The second-order valence-electron chi connectivity index (χ2n) is 5.59. The Bertz CT molecular complexity index is 698. The van der Waals surface area contributed by atoms with Gasteiger partial charge in [0.05, 0.1) is 31.5 Å². The minimum atomic E-state index is -0.891. The van der Waals surface area contributed by atoms with Crippen LogP contribution in [0.3, 0.4) is 0 Å². The van der Waals surface area contributed by atoms with Gasteiger partial charge < -0.3 is 20.1 Å². The molecule has 2 rings (SSSR count). The van der Waals surface area contributed by atoms with Crippen molar-refractivity contribution in [1.29, 1.82) is 0 Å². The molecule has 0 saturated heterocycles. The lowest BCUT2D eigenvalue weighted by Gasteiger charge is -2.21. The number of hydrogen-bond donors (Lipinski definition) is 2. The summed E-state index contributed by atoms with van der Waals surface area (Å²) >= 11 is 0. The molecule has 0 saturated carbocycles. The van der Waals surface area contributed by atoms with Gasteiger partial charge in [-0.15, -0.1) is 0 Å². The molecule has 0 bridgehead atoms. The third-order valence-corrected chi connectivity index (χ3v) is 3.43. The number of carbonyl (C=O) groups excluding carboxylic acids is 1. The van der Waals surface area contributed by atoms with Gasteiger partial charge in [-0.25, -0.2) is 13.6 Å². The van der Waals surface area contributed by atoms with E-state index in [9.17, 15) is 18.7 Å². The van der Waals surface area contributed by atoms with E-state index in [-0.39, 0.29) is 18.8 Å². The predicted molar refractivity (Wildman–Crippen MR) is 90.1 cm³/mol. The zero-order chi connectivity index (χ0) is 18.2. The topological polar surface area (TPSA) is 61.8 Å². The number of rotatable bonds is 7. The van der Waals surface area contributed by atoms with Gasteiger partial charge in [-0.1, -0.05) is 30.3 Å². The number of urea groups is 1. The van der Waals surface area contributed by atoms with Crippen molar-refractivity contribution in [3.63, 3.8) is 0 Å². The number of amides is 2. The van der Waals surface area contributed by atoms with Crippen LogP contribution in [0.5, 0.6) is 0 Å². The van der Waals surface area contributed by atoms with E-state index in [2.05, 4.69) is 5.32 Å². The summed E-state index contributed by atoms with van der Waals surface area (Å²) in [6.45, 7) is 0.412. The number of hydrogen-bond acceptors (Lipinski definition) is 3. The van der Waals surface area contributed by atoms with Crippen molar-refractivity contribution in [2.75, 3.05) is 25.5 Å². The van der Waals surface area contributed by atoms with Crippen LogP contribution in [0.4, 0.5) is 19.3 Å². The minimum Gasteiger partial charge on any atom is -0.389 e. The number of anilines is 1. The van der Waals surface area contributed by atoms with Gasteiger partial charge in [-0.2, -0.15) is 0 Å². The van der Waals surface area contributed by atoms with Crippen LogP contribution in [0.1, 0.15) is 5.56 Å². The number of likely N-dealkylation sites (N-methyl/N-ethyl adjacent to an activating group) is 1. The van der Waals surface area contributed by atoms with Crippen molar-refractivity contribution in [2.24, 2.45) is 0 Å². The van der Waals surface area contributed by atoms with Gasteiger partial charge in [0.15, 0.2) is 0 Å². The van der Waals surface area contributed by atoms with Crippen molar-refractivity contribution < 1.29 is 23.4 Å². The molecule has 0 spiro atoms. The summed E-state index contributed by atoms with van der Waals surface area (Å²) in [7, 11) is 1.46. The molecule has 2 aromatic carbocycles. The molecule has 0 radical (unpaired) electrons. The zero-order valence-electron chi connectivity index (χ0n) is 13.8. The second kappa shape index (κ2) is 9.10. The van der Waals surface area contributed by atoms with Crippen molar-refractivity contribution in [3.05, 3.63) is 65.7 Å². The number of nitrogens with one attached hydrogen (secondary N) is 1. The Morgan fingerprint density at radius 3 is 2.64 bits per heavy atom. The van der Waals surface area contributed by atoms with E-state index in [1.807, 2.05) is 30.3 Å². The molecule has 7 heteroatoms. The molecular formula is C18H20F2N2O3. The van der Waals surface area contributed by atoms with Gasteiger partial charge in [-0.05, 0) is 17.7 Å². The molecule has 0 aromatic heterocycles. The molecule has 0 unspecified atom stereocenters. The highest BCUT2D eigenvalue weighted by Crippen LogP contribution is 2.15. The summed E-state index contributed by atoms with van der Waals surface area (Å²) in [4.78, 5) is 13.2. The van der Waals surface area contributed by atoms with Crippen LogP contribution in [0.2, 0.25) is 0 Å². The van der Waals surface area contributed by atoms with E-state index in [4.69, 9.17) is 4.74 Å². The summed E-state index contributed by atoms with van der Waals surface area (Å²) in [5.74, 6) is -1.59. The quantitative estimate of drug-likeness (QED) is 0.807. The Morgan fingerprint density at radius 2 is 1.96 bits per heavy atom. The highest BCUT2D eigenvalue weighted by molar-refractivity contribution is 5.89. The molecule has 2 N–H and O–H groups in total. The zero-order valence-corrected chi connectivity index (χ0v) is 13.8. The Balaban J connectivity index is 1.75. The number of ether oxygens (including phenoxy) is 1. The van der Waals surface area contributed by atoms with Gasteiger partial charge in [0.1, 0.15) is 11.6 Å². The lowest BCUT2D eigenvalue weighted by Crippen LogP contribution is -2.39. The molecule has 0 aliphatic carbocycles. The fraction of sp³-hybridized carbons (Fsp3) is 0.278. The normalized spacial score (nSPS) is 11.8. The molecule has 0 fully saturated rings. The molecule has 0 aliphatic heterocycles. The van der Waals surface area contributed by atoms with Crippen LogP contribution in [0.25, 0.3) is 0 Å². The third kappa shape index (κ3) is 6.13. The van der Waals surface area contributed by atoms with Crippen LogP contribution in [0.15, 0.2) is 48.5 Å². The van der Waals surface area contributed by atoms with E-state index < -0.39 is 23.8 Å². The maximum atomic E-state index is 13.5. The Hall–Kier alpha value is -2.51. The van der Waals surface area contributed by atoms with Crippen LogP contribution in [0, 0.1) is 11.6 Å². The van der Waals surface area contributed by atoms with Crippen molar-refractivity contribution in [2.45, 2.75) is 12.7 Å². The highest BCUT2D eigenvalue weighted by Gasteiger charge is 2.15. The molecule has 1 atom stereocenters. The minimum absolute atomic E-state index is 0.00341. The van der Waals surface area contributed by atoms with E-state index in [0.29, 0.717) is 12.7 Å². The molecule has 2 amide bonds. The molecular weight excluding hydrogens is 330 g/mol. The van der Waals surface area contributed by atoms with Crippen LogP contribution >= 0.6 is 0 Å². The number of benzene rings is 2. The summed E-state index contributed by atoms with van der Waals surface area (Å²) < 4.78 is 31.8. The summed E-state index contributed by atoms with van der Waals surface area (Å²) in [5, 5.41) is 12.3. The Labute approximate surface area is 144 Å². The number of aliphatic hydroxyl groups is 1. The standard InChI is InChI=1S/C18H20F2N2O3/c1-22(18(24)21-17-8-7-14(19)9-16(17)20)10-15(23)12-25-11-13-5-3-2-4-6-13/h2-9,15,23H,10-12H2,1H3,(H,21,24)/t15-/m0/s1. The average molecular weight is 350 g/mol. The first-order chi connectivity index (χ1) is 12.0. The van der Waals surface area contributed by atoms with Crippen molar-refractivity contribution in [3.8, 4) is 0 Å². The first kappa shape index (κ1) is 18.8. The smallest absolute Gasteiger partial charge is 0.321 e. The lowest BCUT2D eigenvalue weighted by atomic mass is 10.2. The monoisotopic (exact) mass is 350 g/mol. The first-order valence-corrected chi connectivity index (χ1v) is 7.72. The maximum Gasteiger partial charge on any atom is 0.321 e. The summed E-state index contributed by atoms with van der Waals surface area (Å²) in [6.07, 6.45) is -0.891. The number of carbonyl (C=O) groups is 1. The molecule has 0 heterocycles. The Morgan fingerprint density at radius 1 is 1.24 bits per heavy atom. The molecule has 0 aliphatic rings. The fourth-order valence-electron chi connectivity index (χ4n) is 2.14. The molecule has 5 nitrogen and oxygen atoms in total. The van der Waals surface area contributed by atoms with E-state index in [1.165, 1.54) is 11.9 Å². The predicted octanol–water partition coefficient (Wildman–Crippen LogP) is 3.01. The Kier molecular flexibility index (Phi) is 6.85. The van der Waals surface area contributed by atoms with Crippen LogP contribution in [-0.2, 0) is 11.3 Å². The van der Waals surface area contributed by atoms with E-state index in [1.54, 1.807) is 0 Å². The largest absolute Gasteiger partial charge is 0.389 e. The summed E-state index contributed by atoms with van der Waals surface area (Å²) in [5.41, 5.74) is 0.848. The SMILES string of the molecule is CN(C[C@H](O)COCc1ccccc1)C(=O)Nc1ccc(F)cc1F. The van der Waals surface area contributed by atoms with Gasteiger partial charge in [0, 0.05) is 13.1 Å². The number of nitrogens with zero attached hydrogens (tertiary/aromatic N) is 1. The molecule has 134 valence electrons.